The zero-order chi connectivity index (χ0) is 17.8. The monoisotopic (exact) mass is 337 g/mol. The molecule has 126 valence electrons. The lowest BCUT2D eigenvalue weighted by Gasteiger charge is -2.36. The number of carbonyl (C=O) groups is 1. The number of nitriles is 1. The van der Waals surface area contributed by atoms with Gasteiger partial charge >= 0.3 is 0 Å². The Bertz CT molecular complexity index is 839. The number of benzene rings is 1. The fourth-order valence-electron chi connectivity index (χ4n) is 2.79. The Morgan fingerprint density at radius 2 is 1.96 bits per heavy atom. The van der Waals surface area contributed by atoms with Crippen LogP contribution in [-0.4, -0.2) is 46.9 Å². The number of nitrogens with zero attached hydrogens (tertiary/aromatic N) is 5. The minimum absolute atomic E-state index is 0.0366. The second-order valence-electron chi connectivity index (χ2n) is 5.56. The molecule has 1 aliphatic rings. The third-order valence-electron chi connectivity index (χ3n) is 4.11. The number of rotatable bonds is 3. The van der Waals surface area contributed by atoms with Crippen molar-refractivity contribution in [3.05, 3.63) is 64.0 Å². The number of nitro benzene ring substituents is 1. The van der Waals surface area contributed by atoms with Crippen LogP contribution in [0.2, 0.25) is 0 Å². The maximum atomic E-state index is 12.4. The van der Waals surface area contributed by atoms with E-state index >= 15 is 0 Å². The topological polar surface area (TPSA) is 103 Å². The van der Waals surface area contributed by atoms with E-state index in [0.29, 0.717) is 31.9 Å². The fraction of sp³-hybridized carbons (Fsp3) is 0.235. The largest absolute Gasteiger partial charge is 0.368 e. The molecule has 1 aromatic heterocycles. The Labute approximate surface area is 144 Å². The van der Waals surface area contributed by atoms with Gasteiger partial charge in [0.1, 0.15) is 17.3 Å². The molecule has 1 saturated heterocycles. The van der Waals surface area contributed by atoms with Crippen molar-refractivity contribution in [2.45, 2.75) is 0 Å². The van der Waals surface area contributed by atoms with Crippen molar-refractivity contribution < 1.29 is 9.72 Å². The minimum Gasteiger partial charge on any atom is -0.368 e. The van der Waals surface area contributed by atoms with E-state index in [1.165, 1.54) is 12.1 Å². The molecule has 1 aromatic carbocycles. The van der Waals surface area contributed by atoms with E-state index in [9.17, 15) is 14.9 Å². The molecule has 1 amide bonds. The van der Waals surface area contributed by atoms with Gasteiger partial charge in [0.05, 0.1) is 4.92 Å². The van der Waals surface area contributed by atoms with Crippen molar-refractivity contribution in [3.8, 4) is 6.07 Å². The van der Waals surface area contributed by atoms with E-state index in [1.807, 2.05) is 11.0 Å². The van der Waals surface area contributed by atoms with Crippen molar-refractivity contribution in [3.63, 3.8) is 0 Å². The van der Waals surface area contributed by atoms with E-state index in [1.54, 1.807) is 35.4 Å². The third-order valence-corrected chi connectivity index (χ3v) is 4.11. The first-order chi connectivity index (χ1) is 12.1. The zero-order valence-corrected chi connectivity index (χ0v) is 13.3. The maximum absolute atomic E-state index is 12.4. The molecule has 3 rings (SSSR count). The van der Waals surface area contributed by atoms with Crippen LogP contribution < -0.4 is 4.90 Å². The number of anilines is 1. The summed E-state index contributed by atoms with van der Waals surface area (Å²) in [6.07, 6.45) is 1.59. The summed E-state index contributed by atoms with van der Waals surface area (Å²) in [7, 11) is 0. The van der Waals surface area contributed by atoms with E-state index < -0.39 is 4.92 Å². The van der Waals surface area contributed by atoms with Crippen LogP contribution in [0.15, 0.2) is 42.6 Å². The predicted molar refractivity (Wildman–Crippen MR) is 90.2 cm³/mol. The van der Waals surface area contributed by atoms with Crippen molar-refractivity contribution in [1.82, 2.24) is 9.88 Å². The summed E-state index contributed by atoms with van der Waals surface area (Å²) in [4.78, 5) is 30.6. The highest BCUT2D eigenvalue weighted by atomic mass is 16.6. The highest BCUT2D eigenvalue weighted by Crippen LogP contribution is 2.25. The van der Waals surface area contributed by atoms with Crippen LogP contribution in [0.5, 0.6) is 0 Å². The quantitative estimate of drug-likeness (QED) is 0.625. The van der Waals surface area contributed by atoms with Gasteiger partial charge in [0.15, 0.2) is 0 Å². The standard InChI is InChI=1S/C17H15N5O3/c18-12-13-11-14(4-5-16(13)22(24)25)20-7-9-21(10-8-20)17(23)15-3-1-2-6-19-15/h1-6,11H,7-10H2. The van der Waals surface area contributed by atoms with Crippen LogP contribution in [0.1, 0.15) is 16.1 Å². The van der Waals surface area contributed by atoms with Gasteiger partial charge in [-0.1, -0.05) is 6.07 Å². The van der Waals surface area contributed by atoms with Gasteiger partial charge in [-0.2, -0.15) is 5.26 Å². The van der Waals surface area contributed by atoms with Crippen LogP contribution in [0.25, 0.3) is 0 Å². The first-order valence-electron chi connectivity index (χ1n) is 7.74. The van der Waals surface area contributed by atoms with Crippen molar-refractivity contribution in [2.75, 3.05) is 31.1 Å². The third kappa shape index (κ3) is 3.40. The Hall–Kier alpha value is -3.47. The Morgan fingerprint density at radius 3 is 2.56 bits per heavy atom. The van der Waals surface area contributed by atoms with Crippen LogP contribution in [0.3, 0.4) is 0 Å². The van der Waals surface area contributed by atoms with Gasteiger partial charge in [0.2, 0.25) is 0 Å². The van der Waals surface area contributed by atoms with Gasteiger partial charge in [0.25, 0.3) is 11.6 Å². The summed E-state index contributed by atoms with van der Waals surface area (Å²) < 4.78 is 0. The number of hydrogen-bond donors (Lipinski definition) is 0. The average molecular weight is 337 g/mol. The molecule has 0 atom stereocenters. The summed E-state index contributed by atoms with van der Waals surface area (Å²) in [6.45, 7) is 2.21. The number of hydrogen-bond acceptors (Lipinski definition) is 6. The zero-order valence-electron chi connectivity index (χ0n) is 13.3. The molecule has 0 bridgehead atoms. The molecule has 0 spiro atoms. The summed E-state index contributed by atoms with van der Waals surface area (Å²) >= 11 is 0. The van der Waals surface area contributed by atoms with Crippen molar-refractivity contribution in [1.29, 1.82) is 5.26 Å². The highest BCUT2D eigenvalue weighted by Gasteiger charge is 2.24. The maximum Gasteiger partial charge on any atom is 0.287 e. The summed E-state index contributed by atoms with van der Waals surface area (Å²) in [6, 6.07) is 11.6. The normalized spacial score (nSPS) is 14.0. The highest BCUT2D eigenvalue weighted by molar-refractivity contribution is 5.92. The van der Waals surface area contributed by atoms with E-state index in [-0.39, 0.29) is 17.2 Å². The van der Waals surface area contributed by atoms with Crippen LogP contribution in [0, 0.1) is 21.4 Å². The van der Waals surface area contributed by atoms with E-state index in [2.05, 4.69) is 4.98 Å². The SMILES string of the molecule is N#Cc1cc(N2CCN(C(=O)c3ccccn3)CC2)ccc1[N+](=O)[O-]. The summed E-state index contributed by atoms with van der Waals surface area (Å²) in [5.74, 6) is -0.110. The van der Waals surface area contributed by atoms with Gasteiger partial charge in [-0.25, -0.2) is 0 Å². The molecule has 2 heterocycles. The molecular formula is C17H15N5O3. The van der Waals surface area contributed by atoms with Gasteiger partial charge in [-0.05, 0) is 24.3 Å². The lowest BCUT2D eigenvalue weighted by Crippen LogP contribution is -2.49. The predicted octanol–water partition coefficient (Wildman–Crippen LogP) is 1.82. The summed E-state index contributed by atoms with van der Waals surface area (Å²) in [5, 5.41) is 20.0. The van der Waals surface area contributed by atoms with E-state index in [4.69, 9.17) is 5.26 Å². The first kappa shape index (κ1) is 16.4. The molecule has 8 heteroatoms. The van der Waals surface area contributed by atoms with Gasteiger partial charge in [0, 0.05) is 44.1 Å². The average Bonchev–Trinajstić information content (AvgIpc) is 2.67. The summed E-state index contributed by atoms with van der Waals surface area (Å²) in [5.41, 5.74) is 0.995. The van der Waals surface area contributed by atoms with Crippen molar-refractivity contribution in [2.24, 2.45) is 0 Å². The molecule has 1 fully saturated rings. The number of aromatic nitrogens is 1. The molecular weight excluding hydrogens is 322 g/mol. The molecule has 0 saturated carbocycles. The lowest BCUT2D eigenvalue weighted by molar-refractivity contribution is -0.385. The Morgan fingerprint density at radius 1 is 1.20 bits per heavy atom. The number of nitro groups is 1. The fourth-order valence-corrected chi connectivity index (χ4v) is 2.79. The second-order valence-corrected chi connectivity index (χ2v) is 5.56. The molecule has 0 radical (unpaired) electrons. The van der Waals surface area contributed by atoms with Crippen molar-refractivity contribution >= 4 is 17.3 Å². The Balaban J connectivity index is 1.69. The first-order valence-corrected chi connectivity index (χ1v) is 7.74. The molecule has 8 nitrogen and oxygen atoms in total. The number of carbonyl (C=O) groups excluding carboxylic acids is 1. The molecule has 25 heavy (non-hydrogen) atoms. The second kappa shape index (κ2) is 6.97. The van der Waals surface area contributed by atoms with Gasteiger partial charge in [-0.15, -0.1) is 0 Å². The van der Waals surface area contributed by atoms with Gasteiger partial charge < -0.3 is 9.80 Å². The van der Waals surface area contributed by atoms with Gasteiger partial charge in [-0.3, -0.25) is 19.9 Å². The van der Waals surface area contributed by atoms with E-state index in [0.717, 1.165) is 5.69 Å². The number of amides is 1. The number of pyridine rings is 1. The smallest absolute Gasteiger partial charge is 0.287 e. The molecule has 2 aromatic rings. The molecule has 1 aliphatic heterocycles. The Kier molecular flexibility index (Phi) is 4.57. The molecule has 0 N–H and O–H groups in total. The van der Waals surface area contributed by atoms with Crippen LogP contribution in [-0.2, 0) is 0 Å². The minimum atomic E-state index is -0.564. The lowest BCUT2D eigenvalue weighted by atomic mass is 10.1. The number of piperazine rings is 1. The van der Waals surface area contributed by atoms with Crippen LogP contribution >= 0.6 is 0 Å². The van der Waals surface area contributed by atoms with Crippen LogP contribution in [0.4, 0.5) is 11.4 Å². The molecule has 0 aliphatic carbocycles. The molecule has 0 unspecified atom stereocenters.